The number of benzene rings is 1. The van der Waals surface area contributed by atoms with Crippen molar-refractivity contribution in [2.75, 3.05) is 6.54 Å². The summed E-state index contributed by atoms with van der Waals surface area (Å²) in [7, 11) is 0. The van der Waals surface area contributed by atoms with Crippen molar-refractivity contribution in [2.24, 2.45) is 5.41 Å². The van der Waals surface area contributed by atoms with E-state index in [1.165, 1.54) is 12.1 Å². The summed E-state index contributed by atoms with van der Waals surface area (Å²) in [6, 6.07) is 3.42. The van der Waals surface area contributed by atoms with Gasteiger partial charge in [-0.1, -0.05) is 20.8 Å². The molecular formula is C14H19ClFNO2. The Hall–Kier alpha value is -1.29. The van der Waals surface area contributed by atoms with E-state index in [1.54, 1.807) is 0 Å². The number of halogens is 2. The zero-order chi connectivity index (χ0) is 14.6. The Morgan fingerprint density at radius 2 is 2.11 bits per heavy atom. The van der Waals surface area contributed by atoms with Gasteiger partial charge < -0.3 is 10.4 Å². The third-order valence-electron chi connectivity index (χ3n) is 2.52. The van der Waals surface area contributed by atoms with Crippen molar-refractivity contribution in [1.82, 2.24) is 5.32 Å². The third kappa shape index (κ3) is 5.47. The maximum Gasteiger partial charge on any atom is 0.254 e. The standard InChI is InChI=1S/C14H19ClFNO2/c1-14(2,3)7-9(15)8-17-13(19)11-5-4-10(18)6-12(11)16/h4-6,9,18H,7-8H2,1-3H3,(H,17,19). The molecule has 19 heavy (non-hydrogen) atoms. The number of phenols is 1. The summed E-state index contributed by atoms with van der Waals surface area (Å²) in [5, 5.41) is 11.5. The molecule has 0 saturated carbocycles. The van der Waals surface area contributed by atoms with Crippen LogP contribution in [0.15, 0.2) is 18.2 Å². The number of alkyl halides is 1. The molecule has 3 nitrogen and oxygen atoms in total. The fraction of sp³-hybridized carbons (Fsp3) is 0.500. The molecule has 1 aromatic carbocycles. The lowest BCUT2D eigenvalue weighted by Gasteiger charge is -2.22. The minimum absolute atomic E-state index is 0.0704. The third-order valence-corrected chi connectivity index (χ3v) is 2.82. The number of phenolic OH excluding ortho intramolecular Hbond substituents is 1. The summed E-state index contributed by atoms with van der Waals surface area (Å²) in [5.74, 6) is -1.49. The lowest BCUT2D eigenvalue weighted by molar-refractivity contribution is 0.0948. The smallest absolute Gasteiger partial charge is 0.254 e. The summed E-state index contributed by atoms with van der Waals surface area (Å²) < 4.78 is 13.4. The molecule has 0 saturated heterocycles. The molecule has 1 rings (SSSR count). The molecule has 1 aromatic rings. The number of amides is 1. The van der Waals surface area contributed by atoms with Gasteiger partial charge in [0.25, 0.3) is 5.91 Å². The van der Waals surface area contributed by atoms with Crippen LogP contribution in [0.5, 0.6) is 5.75 Å². The van der Waals surface area contributed by atoms with Crippen LogP contribution in [0.2, 0.25) is 0 Å². The van der Waals surface area contributed by atoms with Crippen LogP contribution in [0.4, 0.5) is 4.39 Å². The predicted octanol–water partition coefficient (Wildman–Crippen LogP) is 3.30. The van der Waals surface area contributed by atoms with Crippen molar-refractivity contribution in [3.8, 4) is 5.75 Å². The topological polar surface area (TPSA) is 49.3 Å². The fourth-order valence-corrected chi connectivity index (χ4v) is 2.26. The van der Waals surface area contributed by atoms with Crippen molar-refractivity contribution in [3.63, 3.8) is 0 Å². The maximum atomic E-state index is 13.4. The average Bonchev–Trinajstić information content (AvgIpc) is 2.23. The van der Waals surface area contributed by atoms with Gasteiger partial charge in [-0.25, -0.2) is 4.39 Å². The highest BCUT2D eigenvalue weighted by atomic mass is 35.5. The van der Waals surface area contributed by atoms with Crippen molar-refractivity contribution in [3.05, 3.63) is 29.6 Å². The highest BCUT2D eigenvalue weighted by Crippen LogP contribution is 2.23. The Morgan fingerprint density at radius 1 is 1.47 bits per heavy atom. The number of aromatic hydroxyl groups is 1. The molecule has 2 N–H and O–H groups in total. The zero-order valence-electron chi connectivity index (χ0n) is 11.3. The van der Waals surface area contributed by atoms with Crippen LogP contribution in [-0.4, -0.2) is 22.9 Å². The second-order valence-corrected chi connectivity index (χ2v) is 6.35. The van der Waals surface area contributed by atoms with Gasteiger partial charge in [0.15, 0.2) is 0 Å². The van der Waals surface area contributed by atoms with E-state index in [-0.39, 0.29) is 28.6 Å². The minimum atomic E-state index is -0.751. The van der Waals surface area contributed by atoms with Crippen molar-refractivity contribution in [2.45, 2.75) is 32.6 Å². The fourth-order valence-electron chi connectivity index (χ4n) is 1.72. The lowest BCUT2D eigenvalue weighted by atomic mass is 9.90. The number of hydrogen-bond acceptors (Lipinski definition) is 2. The van der Waals surface area contributed by atoms with Gasteiger partial charge >= 0.3 is 0 Å². The highest BCUT2D eigenvalue weighted by molar-refractivity contribution is 6.21. The first-order chi connectivity index (χ1) is 8.69. The second kappa shape index (κ2) is 6.24. The van der Waals surface area contributed by atoms with E-state index in [2.05, 4.69) is 26.1 Å². The van der Waals surface area contributed by atoms with Gasteiger partial charge in [0.05, 0.1) is 10.9 Å². The first kappa shape index (κ1) is 15.8. The maximum absolute atomic E-state index is 13.4. The summed E-state index contributed by atoms with van der Waals surface area (Å²) in [6.07, 6.45) is 0.743. The molecule has 0 aliphatic heterocycles. The number of carbonyl (C=O) groups excluding carboxylic acids is 1. The minimum Gasteiger partial charge on any atom is -0.508 e. The summed E-state index contributed by atoms with van der Waals surface area (Å²) in [5.41, 5.74) is -0.0292. The quantitative estimate of drug-likeness (QED) is 0.835. The zero-order valence-corrected chi connectivity index (χ0v) is 12.1. The average molecular weight is 288 g/mol. The van der Waals surface area contributed by atoms with E-state index in [1.807, 2.05) is 0 Å². The molecule has 0 fully saturated rings. The van der Waals surface area contributed by atoms with Crippen molar-refractivity contribution >= 4 is 17.5 Å². The van der Waals surface area contributed by atoms with Crippen LogP contribution in [-0.2, 0) is 0 Å². The second-order valence-electron chi connectivity index (χ2n) is 5.74. The van der Waals surface area contributed by atoms with Gasteiger partial charge in [-0.05, 0) is 24.0 Å². The molecule has 5 heteroatoms. The molecule has 0 bridgehead atoms. The number of hydrogen-bond donors (Lipinski definition) is 2. The number of carbonyl (C=O) groups is 1. The summed E-state index contributed by atoms with van der Waals surface area (Å²) >= 11 is 6.11. The Bertz CT molecular complexity index is 457. The highest BCUT2D eigenvalue weighted by Gasteiger charge is 2.18. The Kier molecular flexibility index (Phi) is 5.18. The van der Waals surface area contributed by atoms with E-state index in [9.17, 15) is 9.18 Å². The van der Waals surface area contributed by atoms with Crippen molar-refractivity contribution < 1.29 is 14.3 Å². The van der Waals surface area contributed by atoms with Gasteiger partial charge in [0.1, 0.15) is 11.6 Å². The summed E-state index contributed by atoms with van der Waals surface area (Å²) in [4.78, 5) is 11.8. The van der Waals surface area contributed by atoms with Crippen LogP contribution < -0.4 is 5.32 Å². The molecular weight excluding hydrogens is 269 g/mol. The molecule has 0 aliphatic carbocycles. The van der Waals surface area contributed by atoms with E-state index < -0.39 is 11.7 Å². The number of rotatable bonds is 4. The summed E-state index contributed by atoms with van der Waals surface area (Å²) in [6.45, 7) is 6.45. The number of nitrogens with one attached hydrogen (secondary N) is 1. The van der Waals surface area contributed by atoms with E-state index in [0.29, 0.717) is 0 Å². The lowest BCUT2D eigenvalue weighted by Crippen LogP contribution is -2.32. The van der Waals surface area contributed by atoms with E-state index in [4.69, 9.17) is 16.7 Å². The van der Waals surface area contributed by atoms with E-state index >= 15 is 0 Å². The van der Waals surface area contributed by atoms with Crippen LogP contribution in [0.1, 0.15) is 37.6 Å². The molecule has 0 aromatic heterocycles. The first-order valence-electron chi connectivity index (χ1n) is 6.10. The largest absolute Gasteiger partial charge is 0.508 e. The molecule has 0 heterocycles. The Labute approximate surface area is 117 Å². The van der Waals surface area contributed by atoms with E-state index in [0.717, 1.165) is 12.5 Å². The molecule has 0 aliphatic rings. The SMILES string of the molecule is CC(C)(C)CC(Cl)CNC(=O)c1ccc(O)cc1F. The Morgan fingerprint density at radius 3 is 2.63 bits per heavy atom. The van der Waals surface area contributed by atoms with Crippen LogP contribution in [0.3, 0.4) is 0 Å². The normalized spacial score (nSPS) is 13.1. The van der Waals surface area contributed by atoms with Crippen LogP contribution in [0.25, 0.3) is 0 Å². The first-order valence-corrected chi connectivity index (χ1v) is 6.53. The molecule has 1 unspecified atom stereocenters. The molecule has 1 atom stereocenters. The van der Waals surface area contributed by atoms with Gasteiger partial charge in [0.2, 0.25) is 0 Å². The molecule has 106 valence electrons. The molecule has 1 amide bonds. The van der Waals surface area contributed by atoms with Gasteiger partial charge in [-0.2, -0.15) is 0 Å². The van der Waals surface area contributed by atoms with Gasteiger partial charge in [-0.3, -0.25) is 4.79 Å². The molecule has 0 radical (unpaired) electrons. The van der Waals surface area contributed by atoms with Crippen molar-refractivity contribution in [1.29, 1.82) is 0 Å². The molecule has 0 spiro atoms. The van der Waals surface area contributed by atoms with Crippen LogP contribution in [0, 0.1) is 11.2 Å². The Balaban J connectivity index is 2.56. The predicted molar refractivity (Wildman–Crippen MR) is 74.1 cm³/mol. The van der Waals surface area contributed by atoms with Crippen LogP contribution >= 0.6 is 11.6 Å². The monoisotopic (exact) mass is 287 g/mol. The van der Waals surface area contributed by atoms with Gasteiger partial charge in [0, 0.05) is 12.6 Å². The van der Waals surface area contributed by atoms with Gasteiger partial charge in [-0.15, -0.1) is 11.6 Å².